The van der Waals surface area contributed by atoms with Gasteiger partial charge in [0.05, 0.1) is 12.0 Å². The van der Waals surface area contributed by atoms with Crippen LogP contribution in [-0.4, -0.2) is 12.6 Å². The van der Waals surface area contributed by atoms with E-state index in [0.29, 0.717) is 6.61 Å². The van der Waals surface area contributed by atoms with Gasteiger partial charge in [0.2, 0.25) is 0 Å². The number of carbonyl (C=O) groups is 1. The number of hydrogen-bond acceptors (Lipinski definition) is 2. The summed E-state index contributed by atoms with van der Waals surface area (Å²) in [5.41, 5.74) is 1.89. The normalized spacial score (nSPS) is 11.2. The van der Waals surface area contributed by atoms with Crippen LogP contribution in [0.1, 0.15) is 44.2 Å². The van der Waals surface area contributed by atoms with E-state index >= 15 is 0 Å². The average molecular weight is 324 g/mol. The Balaban J connectivity index is 2.35. The zero-order valence-electron chi connectivity index (χ0n) is 14.8. The third-order valence-electron chi connectivity index (χ3n) is 4.49. The monoisotopic (exact) mass is 324 g/mol. The van der Waals surface area contributed by atoms with Gasteiger partial charge in [0.1, 0.15) is 0 Å². The topological polar surface area (TPSA) is 26.3 Å². The SMILES string of the molecule is CCCCC(Cc1ccccc1)(Cc1ccccc1)C(=O)OCC. The number of hydrogen-bond donors (Lipinski definition) is 0. The molecule has 0 radical (unpaired) electrons. The van der Waals surface area contributed by atoms with E-state index in [0.717, 1.165) is 32.1 Å². The summed E-state index contributed by atoms with van der Waals surface area (Å²) in [6.07, 6.45) is 4.40. The van der Waals surface area contributed by atoms with Crippen LogP contribution in [0.2, 0.25) is 0 Å². The molecule has 0 spiro atoms. The minimum Gasteiger partial charge on any atom is -0.466 e. The molecule has 0 aliphatic rings. The smallest absolute Gasteiger partial charge is 0.312 e. The maximum absolute atomic E-state index is 13.0. The first-order valence-corrected chi connectivity index (χ1v) is 8.95. The molecule has 0 amide bonds. The highest BCUT2D eigenvalue weighted by molar-refractivity contribution is 5.77. The van der Waals surface area contributed by atoms with Crippen molar-refractivity contribution in [2.75, 3.05) is 6.61 Å². The van der Waals surface area contributed by atoms with E-state index in [4.69, 9.17) is 4.74 Å². The fourth-order valence-electron chi connectivity index (χ4n) is 3.26. The van der Waals surface area contributed by atoms with Crippen molar-refractivity contribution in [1.82, 2.24) is 0 Å². The second-order valence-electron chi connectivity index (χ2n) is 6.43. The molecular weight excluding hydrogens is 296 g/mol. The molecule has 0 aromatic heterocycles. The van der Waals surface area contributed by atoms with Gasteiger partial charge >= 0.3 is 5.97 Å². The van der Waals surface area contributed by atoms with Gasteiger partial charge < -0.3 is 4.74 Å². The van der Waals surface area contributed by atoms with E-state index < -0.39 is 5.41 Å². The van der Waals surface area contributed by atoms with Crippen LogP contribution in [-0.2, 0) is 22.4 Å². The molecule has 24 heavy (non-hydrogen) atoms. The number of esters is 1. The lowest BCUT2D eigenvalue weighted by atomic mass is 9.73. The Kier molecular flexibility index (Phi) is 7.05. The van der Waals surface area contributed by atoms with Crippen molar-refractivity contribution >= 4 is 5.97 Å². The van der Waals surface area contributed by atoms with Gasteiger partial charge in [-0.15, -0.1) is 0 Å². The molecule has 0 unspecified atom stereocenters. The fourth-order valence-corrected chi connectivity index (χ4v) is 3.26. The largest absolute Gasteiger partial charge is 0.466 e. The Morgan fingerprint density at radius 2 is 1.38 bits per heavy atom. The van der Waals surface area contributed by atoms with Crippen molar-refractivity contribution in [2.45, 2.75) is 46.0 Å². The average Bonchev–Trinajstić information content (AvgIpc) is 2.61. The summed E-state index contributed by atoms with van der Waals surface area (Å²) in [4.78, 5) is 13.0. The van der Waals surface area contributed by atoms with Gasteiger partial charge in [0.15, 0.2) is 0 Å². The van der Waals surface area contributed by atoms with Crippen molar-refractivity contribution in [3.8, 4) is 0 Å². The van der Waals surface area contributed by atoms with Crippen LogP contribution in [0.25, 0.3) is 0 Å². The minimum atomic E-state index is -0.491. The van der Waals surface area contributed by atoms with Crippen LogP contribution in [0.5, 0.6) is 0 Å². The molecule has 2 rings (SSSR count). The summed E-state index contributed by atoms with van der Waals surface area (Å²) >= 11 is 0. The quantitative estimate of drug-likeness (QED) is 0.592. The van der Waals surface area contributed by atoms with Gasteiger partial charge in [-0.3, -0.25) is 4.79 Å². The van der Waals surface area contributed by atoms with E-state index in [1.807, 2.05) is 43.3 Å². The highest BCUT2D eigenvalue weighted by Crippen LogP contribution is 2.35. The predicted octanol–water partition coefficient (Wildman–Crippen LogP) is 5.21. The first-order valence-electron chi connectivity index (χ1n) is 8.95. The molecule has 0 aliphatic heterocycles. The van der Waals surface area contributed by atoms with E-state index in [1.54, 1.807) is 0 Å². The third kappa shape index (κ3) is 4.95. The summed E-state index contributed by atoms with van der Waals surface area (Å²) in [7, 11) is 0. The molecule has 2 aromatic carbocycles. The highest BCUT2D eigenvalue weighted by Gasteiger charge is 2.39. The number of carbonyl (C=O) groups excluding carboxylic acids is 1. The number of rotatable bonds is 9. The summed E-state index contributed by atoms with van der Waals surface area (Å²) in [6.45, 7) is 4.48. The van der Waals surface area contributed by atoms with Gasteiger partial charge in [-0.1, -0.05) is 80.4 Å². The van der Waals surface area contributed by atoms with Crippen molar-refractivity contribution in [3.63, 3.8) is 0 Å². The Bertz CT molecular complexity index is 563. The lowest BCUT2D eigenvalue weighted by molar-refractivity contribution is -0.156. The first kappa shape index (κ1) is 18.3. The number of benzene rings is 2. The van der Waals surface area contributed by atoms with Crippen LogP contribution >= 0.6 is 0 Å². The van der Waals surface area contributed by atoms with Gasteiger partial charge in [-0.05, 0) is 37.3 Å². The van der Waals surface area contributed by atoms with Crippen LogP contribution in [0.3, 0.4) is 0 Å². The number of unbranched alkanes of at least 4 members (excludes halogenated alkanes) is 1. The lowest BCUT2D eigenvalue weighted by Gasteiger charge is -2.32. The molecule has 128 valence electrons. The van der Waals surface area contributed by atoms with E-state index in [-0.39, 0.29) is 5.97 Å². The molecule has 0 aliphatic carbocycles. The summed E-state index contributed by atoms with van der Waals surface area (Å²) < 4.78 is 5.51. The predicted molar refractivity (Wildman–Crippen MR) is 98.9 cm³/mol. The zero-order valence-corrected chi connectivity index (χ0v) is 14.8. The Morgan fingerprint density at radius 1 is 0.875 bits per heavy atom. The minimum absolute atomic E-state index is 0.0637. The van der Waals surface area contributed by atoms with E-state index in [2.05, 4.69) is 31.2 Å². The van der Waals surface area contributed by atoms with Crippen LogP contribution < -0.4 is 0 Å². The Hall–Kier alpha value is -2.09. The summed E-state index contributed by atoms with van der Waals surface area (Å²) in [5, 5.41) is 0. The standard InChI is InChI=1S/C22H28O2/c1-3-5-16-22(21(23)24-4-2,17-19-12-8-6-9-13-19)18-20-14-10-7-11-15-20/h6-15H,3-5,16-18H2,1-2H3. The molecule has 0 heterocycles. The van der Waals surface area contributed by atoms with E-state index in [1.165, 1.54) is 11.1 Å². The fraction of sp³-hybridized carbons (Fsp3) is 0.409. The second-order valence-corrected chi connectivity index (χ2v) is 6.43. The molecule has 2 heteroatoms. The number of ether oxygens (including phenoxy) is 1. The lowest BCUT2D eigenvalue weighted by Crippen LogP contribution is -2.37. The molecule has 0 N–H and O–H groups in total. The Labute approximate surface area is 145 Å². The molecule has 2 aromatic rings. The van der Waals surface area contributed by atoms with Crippen LogP contribution in [0.4, 0.5) is 0 Å². The molecule has 0 bridgehead atoms. The van der Waals surface area contributed by atoms with Crippen LogP contribution in [0, 0.1) is 5.41 Å². The van der Waals surface area contributed by atoms with Crippen LogP contribution in [0.15, 0.2) is 60.7 Å². The first-order chi connectivity index (χ1) is 11.7. The van der Waals surface area contributed by atoms with Crippen molar-refractivity contribution in [1.29, 1.82) is 0 Å². The van der Waals surface area contributed by atoms with Gasteiger partial charge in [0, 0.05) is 0 Å². The molecule has 0 atom stereocenters. The maximum Gasteiger partial charge on any atom is 0.312 e. The van der Waals surface area contributed by atoms with Crippen molar-refractivity contribution in [2.24, 2.45) is 5.41 Å². The second kappa shape index (κ2) is 9.27. The van der Waals surface area contributed by atoms with Crippen molar-refractivity contribution < 1.29 is 9.53 Å². The molecule has 0 fully saturated rings. The maximum atomic E-state index is 13.0. The Morgan fingerprint density at radius 3 is 1.79 bits per heavy atom. The molecule has 2 nitrogen and oxygen atoms in total. The van der Waals surface area contributed by atoms with Gasteiger partial charge in [0.25, 0.3) is 0 Å². The third-order valence-corrected chi connectivity index (χ3v) is 4.49. The molecule has 0 saturated carbocycles. The molecule has 0 saturated heterocycles. The summed E-state index contributed by atoms with van der Waals surface area (Å²) in [5.74, 6) is -0.0637. The zero-order chi connectivity index (χ0) is 17.3. The van der Waals surface area contributed by atoms with Gasteiger partial charge in [-0.25, -0.2) is 0 Å². The van der Waals surface area contributed by atoms with Gasteiger partial charge in [-0.2, -0.15) is 0 Å². The molecular formula is C22H28O2. The van der Waals surface area contributed by atoms with Crippen molar-refractivity contribution in [3.05, 3.63) is 71.8 Å². The summed E-state index contributed by atoms with van der Waals surface area (Å²) in [6, 6.07) is 20.6. The highest BCUT2D eigenvalue weighted by atomic mass is 16.5. The van der Waals surface area contributed by atoms with E-state index in [9.17, 15) is 4.79 Å².